The molecule has 0 aromatic heterocycles. The smallest absolute Gasteiger partial charge is 0.410 e. The number of hydrogen-bond donors (Lipinski definition) is 1. The summed E-state index contributed by atoms with van der Waals surface area (Å²) in [5.41, 5.74) is -0.420. The van der Waals surface area contributed by atoms with E-state index in [-0.39, 0.29) is 12.1 Å². The molecule has 0 radical (unpaired) electrons. The van der Waals surface area contributed by atoms with Crippen LogP contribution >= 0.6 is 0 Å². The van der Waals surface area contributed by atoms with E-state index < -0.39 is 5.60 Å². The highest BCUT2D eigenvalue weighted by atomic mass is 16.6. The Morgan fingerprint density at radius 3 is 2.56 bits per heavy atom. The molecule has 1 heterocycles. The molecule has 1 rings (SSSR count). The molecule has 4 nitrogen and oxygen atoms in total. The number of carbonyl (C=O) groups excluding carboxylic acids is 1. The van der Waals surface area contributed by atoms with Gasteiger partial charge in [0, 0.05) is 19.1 Å². The molecule has 0 aromatic rings. The van der Waals surface area contributed by atoms with Crippen molar-refractivity contribution in [3.05, 3.63) is 0 Å². The number of hydrogen-bond acceptors (Lipinski definition) is 3. The Morgan fingerprint density at radius 1 is 1.44 bits per heavy atom. The van der Waals surface area contributed by atoms with Crippen molar-refractivity contribution in [2.24, 2.45) is 0 Å². The summed E-state index contributed by atoms with van der Waals surface area (Å²) in [5.74, 6) is 0. The summed E-state index contributed by atoms with van der Waals surface area (Å²) in [5, 5.41) is 3.38. The van der Waals surface area contributed by atoms with Gasteiger partial charge >= 0.3 is 6.09 Å². The molecule has 1 aliphatic heterocycles. The first kappa shape index (κ1) is 13.3. The lowest BCUT2D eigenvalue weighted by Crippen LogP contribution is -2.53. The Morgan fingerprint density at radius 2 is 2.06 bits per heavy atom. The van der Waals surface area contributed by atoms with Crippen molar-refractivity contribution in [3.8, 4) is 0 Å². The average molecular weight is 228 g/mol. The van der Waals surface area contributed by atoms with Gasteiger partial charge in [-0.3, -0.25) is 0 Å². The molecular weight excluding hydrogens is 204 g/mol. The van der Waals surface area contributed by atoms with E-state index in [0.29, 0.717) is 6.04 Å². The van der Waals surface area contributed by atoms with E-state index >= 15 is 0 Å². The summed E-state index contributed by atoms with van der Waals surface area (Å²) in [6, 6.07) is 0.579. The predicted octanol–water partition coefficient (Wildman–Crippen LogP) is 1.99. The van der Waals surface area contributed by atoms with Gasteiger partial charge in [-0.05, 0) is 47.1 Å². The number of ether oxygens (including phenoxy) is 1. The molecule has 0 aromatic carbocycles. The Hall–Kier alpha value is -0.770. The molecular formula is C12H24N2O2. The van der Waals surface area contributed by atoms with Crippen molar-refractivity contribution >= 4 is 6.09 Å². The fourth-order valence-corrected chi connectivity index (χ4v) is 2.03. The Labute approximate surface area is 98.3 Å². The van der Waals surface area contributed by atoms with Gasteiger partial charge in [-0.15, -0.1) is 0 Å². The lowest BCUT2D eigenvalue weighted by molar-refractivity contribution is 0.0162. The van der Waals surface area contributed by atoms with Gasteiger partial charge in [0.25, 0.3) is 0 Å². The first-order valence-electron chi connectivity index (χ1n) is 6.00. The molecule has 2 atom stereocenters. The summed E-state index contributed by atoms with van der Waals surface area (Å²) in [7, 11) is 1.82. The van der Waals surface area contributed by atoms with Gasteiger partial charge < -0.3 is 15.0 Å². The molecule has 94 valence electrons. The molecule has 0 spiro atoms. The third kappa shape index (κ3) is 3.67. The van der Waals surface area contributed by atoms with Gasteiger partial charge in [0.2, 0.25) is 0 Å². The average Bonchev–Trinajstić information content (AvgIpc) is 2.15. The second-order valence-corrected chi connectivity index (χ2v) is 5.54. The molecule has 1 amide bonds. The van der Waals surface area contributed by atoms with Gasteiger partial charge in [-0.2, -0.15) is 0 Å². The Kier molecular flexibility index (Phi) is 4.19. The monoisotopic (exact) mass is 228 g/mol. The normalized spacial score (nSPS) is 26.3. The highest BCUT2D eigenvalue weighted by Gasteiger charge is 2.30. The maximum absolute atomic E-state index is 11.9. The van der Waals surface area contributed by atoms with Crippen molar-refractivity contribution in [3.63, 3.8) is 0 Å². The summed E-state index contributed by atoms with van der Waals surface area (Å²) in [6.45, 7) is 8.83. The molecule has 1 fully saturated rings. The van der Waals surface area contributed by atoms with Crippen LogP contribution in [0, 0.1) is 0 Å². The van der Waals surface area contributed by atoms with Crippen LogP contribution in [0.25, 0.3) is 0 Å². The van der Waals surface area contributed by atoms with Crippen molar-refractivity contribution < 1.29 is 9.53 Å². The maximum atomic E-state index is 11.9. The maximum Gasteiger partial charge on any atom is 0.410 e. The Balaban J connectivity index is 2.55. The van der Waals surface area contributed by atoms with Gasteiger partial charge in [-0.1, -0.05) is 0 Å². The molecule has 0 saturated carbocycles. The topological polar surface area (TPSA) is 41.6 Å². The van der Waals surface area contributed by atoms with Crippen molar-refractivity contribution in [1.29, 1.82) is 0 Å². The van der Waals surface area contributed by atoms with Crippen LogP contribution < -0.4 is 5.32 Å². The molecule has 0 unspecified atom stereocenters. The number of nitrogens with zero attached hydrogens (tertiary/aromatic N) is 1. The molecule has 1 aliphatic rings. The van der Waals surface area contributed by atoms with E-state index in [0.717, 1.165) is 19.4 Å². The second-order valence-electron chi connectivity index (χ2n) is 5.54. The number of carbonyl (C=O) groups is 1. The zero-order valence-electron chi connectivity index (χ0n) is 11.0. The van der Waals surface area contributed by atoms with Gasteiger partial charge in [-0.25, -0.2) is 4.79 Å². The summed E-state index contributed by atoms with van der Waals surface area (Å²) >= 11 is 0. The lowest BCUT2D eigenvalue weighted by Gasteiger charge is -2.37. The van der Waals surface area contributed by atoms with Crippen LogP contribution in [0.2, 0.25) is 0 Å². The minimum absolute atomic E-state index is 0.229. The van der Waals surface area contributed by atoms with E-state index in [1.807, 2.05) is 27.8 Å². The standard InChI is InChI=1S/C12H24N2O2/c1-9-10(7-6-8-13-9)14(5)11(15)16-12(2,3)4/h9-10,13H,6-8H2,1-5H3/t9-,10-/m1/s1. The van der Waals surface area contributed by atoms with E-state index in [1.165, 1.54) is 0 Å². The quantitative estimate of drug-likeness (QED) is 0.746. The highest BCUT2D eigenvalue weighted by molar-refractivity contribution is 5.68. The van der Waals surface area contributed by atoms with E-state index in [2.05, 4.69) is 12.2 Å². The molecule has 1 saturated heterocycles. The van der Waals surface area contributed by atoms with Gasteiger partial charge in [0.15, 0.2) is 0 Å². The van der Waals surface area contributed by atoms with Crippen LogP contribution in [0.15, 0.2) is 0 Å². The minimum Gasteiger partial charge on any atom is -0.444 e. The lowest BCUT2D eigenvalue weighted by atomic mass is 9.99. The number of piperidine rings is 1. The summed E-state index contributed by atoms with van der Waals surface area (Å²) < 4.78 is 5.36. The van der Waals surface area contributed by atoms with Crippen LogP contribution in [0.5, 0.6) is 0 Å². The molecule has 0 bridgehead atoms. The first-order valence-corrected chi connectivity index (χ1v) is 6.00. The molecule has 16 heavy (non-hydrogen) atoms. The van der Waals surface area contributed by atoms with Crippen LogP contribution in [0.4, 0.5) is 4.79 Å². The highest BCUT2D eigenvalue weighted by Crippen LogP contribution is 2.17. The largest absolute Gasteiger partial charge is 0.444 e. The van der Waals surface area contributed by atoms with Crippen molar-refractivity contribution in [2.75, 3.05) is 13.6 Å². The third-order valence-corrected chi connectivity index (χ3v) is 2.90. The van der Waals surface area contributed by atoms with E-state index in [1.54, 1.807) is 4.90 Å². The number of nitrogens with one attached hydrogen (secondary N) is 1. The van der Waals surface area contributed by atoms with Crippen LogP contribution in [-0.4, -0.2) is 42.3 Å². The summed E-state index contributed by atoms with van der Waals surface area (Å²) in [6.07, 6.45) is 1.93. The van der Waals surface area contributed by atoms with Crippen LogP contribution in [-0.2, 0) is 4.74 Å². The van der Waals surface area contributed by atoms with Gasteiger partial charge in [0.1, 0.15) is 5.60 Å². The fourth-order valence-electron chi connectivity index (χ4n) is 2.03. The number of likely N-dealkylation sites (N-methyl/N-ethyl adjacent to an activating group) is 1. The SMILES string of the molecule is C[C@H]1NCCC[C@H]1N(C)C(=O)OC(C)(C)C. The first-order chi connectivity index (χ1) is 7.31. The van der Waals surface area contributed by atoms with Crippen LogP contribution in [0.1, 0.15) is 40.5 Å². The Bertz CT molecular complexity index is 248. The summed E-state index contributed by atoms with van der Waals surface area (Å²) in [4.78, 5) is 13.6. The third-order valence-electron chi connectivity index (χ3n) is 2.90. The number of rotatable bonds is 1. The van der Waals surface area contributed by atoms with Gasteiger partial charge in [0.05, 0.1) is 0 Å². The van der Waals surface area contributed by atoms with Crippen molar-refractivity contribution in [1.82, 2.24) is 10.2 Å². The number of amides is 1. The molecule has 4 heteroatoms. The zero-order chi connectivity index (χ0) is 12.3. The van der Waals surface area contributed by atoms with Crippen molar-refractivity contribution in [2.45, 2.75) is 58.2 Å². The molecule has 0 aliphatic carbocycles. The second kappa shape index (κ2) is 5.04. The van der Waals surface area contributed by atoms with E-state index in [4.69, 9.17) is 4.74 Å². The van der Waals surface area contributed by atoms with E-state index in [9.17, 15) is 4.79 Å². The minimum atomic E-state index is -0.420. The zero-order valence-corrected chi connectivity index (χ0v) is 11.0. The molecule has 1 N–H and O–H groups in total. The fraction of sp³-hybridized carbons (Fsp3) is 0.917. The predicted molar refractivity (Wildman–Crippen MR) is 64.5 cm³/mol. The van der Waals surface area contributed by atoms with Crippen LogP contribution in [0.3, 0.4) is 0 Å².